The van der Waals surface area contributed by atoms with Crippen molar-refractivity contribution < 1.29 is 22.9 Å². The van der Waals surface area contributed by atoms with Crippen LogP contribution in [0.15, 0.2) is 42.5 Å². The SMILES string of the molecule is CC(C(=O)Nc1ccccc1C(F)(F)F)N1CCN(c2ccc(Cl)cc2[N+](=O)[O-])CC1. The molecular formula is C20H20ClF3N4O3. The zero-order valence-corrected chi connectivity index (χ0v) is 17.3. The van der Waals surface area contributed by atoms with Gasteiger partial charge in [-0.2, -0.15) is 13.2 Å². The van der Waals surface area contributed by atoms with Gasteiger partial charge in [-0.1, -0.05) is 23.7 Å². The van der Waals surface area contributed by atoms with E-state index in [0.29, 0.717) is 31.9 Å². The van der Waals surface area contributed by atoms with E-state index in [1.54, 1.807) is 19.1 Å². The van der Waals surface area contributed by atoms with E-state index < -0.39 is 28.6 Å². The van der Waals surface area contributed by atoms with Crippen molar-refractivity contribution in [3.8, 4) is 0 Å². The van der Waals surface area contributed by atoms with Crippen molar-refractivity contribution in [2.24, 2.45) is 0 Å². The molecular weight excluding hydrogens is 437 g/mol. The number of carbonyl (C=O) groups is 1. The Hall–Kier alpha value is -2.85. The fourth-order valence-electron chi connectivity index (χ4n) is 3.50. The minimum Gasteiger partial charge on any atom is -0.363 e. The summed E-state index contributed by atoms with van der Waals surface area (Å²) in [4.78, 5) is 27.1. The zero-order chi connectivity index (χ0) is 22.8. The monoisotopic (exact) mass is 456 g/mol. The van der Waals surface area contributed by atoms with E-state index in [2.05, 4.69) is 5.32 Å². The first kappa shape index (κ1) is 22.8. The summed E-state index contributed by atoms with van der Waals surface area (Å²) < 4.78 is 39.4. The van der Waals surface area contributed by atoms with Crippen molar-refractivity contribution in [1.82, 2.24) is 4.90 Å². The van der Waals surface area contributed by atoms with Crippen LogP contribution in [0.2, 0.25) is 5.02 Å². The second-order valence-electron chi connectivity index (χ2n) is 7.12. The Bertz CT molecular complexity index is 978. The molecule has 7 nitrogen and oxygen atoms in total. The van der Waals surface area contributed by atoms with Crippen LogP contribution >= 0.6 is 11.6 Å². The molecule has 1 unspecified atom stereocenters. The number of nitrogens with zero attached hydrogens (tertiary/aromatic N) is 3. The van der Waals surface area contributed by atoms with E-state index in [1.807, 2.05) is 9.80 Å². The number of hydrogen-bond acceptors (Lipinski definition) is 5. The molecule has 1 atom stereocenters. The Kier molecular flexibility index (Phi) is 6.71. The third-order valence-electron chi connectivity index (χ3n) is 5.21. The molecule has 1 amide bonds. The van der Waals surface area contributed by atoms with Crippen LogP contribution in [0.25, 0.3) is 0 Å². The molecule has 2 aromatic carbocycles. The molecule has 31 heavy (non-hydrogen) atoms. The van der Waals surface area contributed by atoms with Crippen LogP contribution in [0.5, 0.6) is 0 Å². The quantitative estimate of drug-likeness (QED) is 0.532. The topological polar surface area (TPSA) is 78.7 Å². The number of alkyl halides is 3. The number of nitro benzene ring substituents is 1. The van der Waals surface area contributed by atoms with Gasteiger partial charge in [-0.25, -0.2) is 0 Å². The largest absolute Gasteiger partial charge is 0.418 e. The van der Waals surface area contributed by atoms with Crippen molar-refractivity contribution in [2.45, 2.75) is 19.1 Å². The predicted octanol–water partition coefficient (Wildman–Crippen LogP) is 4.42. The molecule has 1 aliphatic heterocycles. The predicted molar refractivity (Wildman–Crippen MR) is 111 cm³/mol. The third kappa shape index (κ3) is 5.26. The summed E-state index contributed by atoms with van der Waals surface area (Å²) in [5.74, 6) is -0.553. The number of amides is 1. The summed E-state index contributed by atoms with van der Waals surface area (Å²) in [6.07, 6.45) is -4.58. The smallest absolute Gasteiger partial charge is 0.363 e. The number of nitrogens with one attached hydrogen (secondary N) is 1. The second-order valence-corrected chi connectivity index (χ2v) is 7.56. The van der Waals surface area contributed by atoms with Crippen LogP contribution in [0.3, 0.4) is 0 Å². The molecule has 1 aliphatic rings. The van der Waals surface area contributed by atoms with Gasteiger partial charge in [0.15, 0.2) is 0 Å². The first-order chi connectivity index (χ1) is 14.6. The molecule has 11 heteroatoms. The fourth-order valence-corrected chi connectivity index (χ4v) is 3.67. The average molecular weight is 457 g/mol. The highest BCUT2D eigenvalue weighted by Crippen LogP contribution is 2.35. The number of benzene rings is 2. The lowest BCUT2D eigenvalue weighted by Gasteiger charge is -2.38. The van der Waals surface area contributed by atoms with Crippen LogP contribution in [0.4, 0.5) is 30.2 Å². The maximum atomic E-state index is 13.1. The minimum atomic E-state index is -4.58. The molecule has 1 fully saturated rings. The summed E-state index contributed by atoms with van der Waals surface area (Å²) >= 11 is 5.86. The number of hydrogen-bond donors (Lipinski definition) is 1. The first-order valence-corrected chi connectivity index (χ1v) is 9.85. The van der Waals surface area contributed by atoms with E-state index in [0.717, 1.165) is 6.07 Å². The van der Waals surface area contributed by atoms with Crippen molar-refractivity contribution in [3.63, 3.8) is 0 Å². The zero-order valence-electron chi connectivity index (χ0n) is 16.5. The Morgan fingerprint density at radius 2 is 1.81 bits per heavy atom. The van der Waals surface area contributed by atoms with Gasteiger partial charge >= 0.3 is 6.18 Å². The molecule has 3 rings (SSSR count). The van der Waals surface area contributed by atoms with Crippen LogP contribution in [-0.2, 0) is 11.0 Å². The van der Waals surface area contributed by atoms with Gasteiger partial charge in [-0.15, -0.1) is 0 Å². The molecule has 0 bridgehead atoms. The van der Waals surface area contributed by atoms with Gasteiger partial charge in [-0.3, -0.25) is 19.8 Å². The molecule has 0 radical (unpaired) electrons. The molecule has 1 N–H and O–H groups in total. The minimum absolute atomic E-state index is 0.101. The Morgan fingerprint density at radius 1 is 1.16 bits per heavy atom. The molecule has 0 saturated carbocycles. The van der Waals surface area contributed by atoms with Crippen LogP contribution < -0.4 is 10.2 Å². The lowest BCUT2D eigenvalue weighted by atomic mass is 10.1. The number of rotatable bonds is 5. The Morgan fingerprint density at radius 3 is 2.42 bits per heavy atom. The molecule has 0 spiro atoms. The third-order valence-corrected chi connectivity index (χ3v) is 5.44. The lowest BCUT2D eigenvalue weighted by molar-refractivity contribution is -0.384. The van der Waals surface area contributed by atoms with Crippen molar-refractivity contribution in [1.29, 1.82) is 0 Å². The van der Waals surface area contributed by atoms with Crippen molar-refractivity contribution >= 4 is 34.6 Å². The number of para-hydroxylation sites is 1. The molecule has 2 aromatic rings. The molecule has 0 aliphatic carbocycles. The molecule has 1 saturated heterocycles. The van der Waals surface area contributed by atoms with Gasteiger partial charge in [-0.05, 0) is 31.2 Å². The van der Waals surface area contributed by atoms with Crippen LogP contribution in [-0.4, -0.2) is 48.0 Å². The highest BCUT2D eigenvalue weighted by Gasteiger charge is 2.34. The number of nitro groups is 1. The average Bonchev–Trinajstić information content (AvgIpc) is 2.73. The summed E-state index contributed by atoms with van der Waals surface area (Å²) in [6.45, 7) is 3.27. The van der Waals surface area contributed by atoms with Crippen molar-refractivity contribution in [3.05, 3.63) is 63.2 Å². The summed E-state index contributed by atoms with van der Waals surface area (Å²) in [5, 5.41) is 14.0. The maximum absolute atomic E-state index is 13.1. The normalized spacial score (nSPS) is 16.1. The molecule has 1 heterocycles. The van der Waals surface area contributed by atoms with E-state index in [9.17, 15) is 28.1 Å². The van der Waals surface area contributed by atoms with Gasteiger partial charge in [0, 0.05) is 37.3 Å². The maximum Gasteiger partial charge on any atom is 0.418 e. The standard InChI is InChI=1S/C20H20ClF3N4O3/c1-13(19(29)25-16-5-3-2-4-15(16)20(22,23)24)26-8-10-27(11-9-26)17-7-6-14(21)12-18(17)28(30)31/h2-7,12-13H,8-11H2,1H3,(H,25,29). The number of carbonyl (C=O) groups excluding carboxylic acids is 1. The molecule has 166 valence electrons. The van der Waals surface area contributed by atoms with Gasteiger partial charge in [0.2, 0.25) is 5.91 Å². The lowest BCUT2D eigenvalue weighted by Crippen LogP contribution is -2.53. The van der Waals surface area contributed by atoms with E-state index >= 15 is 0 Å². The van der Waals surface area contributed by atoms with Gasteiger partial charge in [0.1, 0.15) is 5.69 Å². The van der Waals surface area contributed by atoms with E-state index in [1.165, 1.54) is 24.3 Å². The fraction of sp³-hybridized carbons (Fsp3) is 0.350. The van der Waals surface area contributed by atoms with Gasteiger partial charge in [0.25, 0.3) is 5.69 Å². The first-order valence-electron chi connectivity index (χ1n) is 9.48. The van der Waals surface area contributed by atoms with Gasteiger partial charge < -0.3 is 10.2 Å². The van der Waals surface area contributed by atoms with E-state index in [-0.39, 0.29) is 16.4 Å². The van der Waals surface area contributed by atoms with Gasteiger partial charge in [0.05, 0.1) is 22.2 Å². The summed E-state index contributed by atoms with van der Waals surface area (Å²) in [5.41, 5.74) is -0.863. The number of anilines is 2. The second kappa shape index (κ2) is 9.11. The van der Waals surface area contributed by atoms with Crippen LogP contribution in [0, 0.1) is 10.1 Å². The van der Waals surface area contributed by atoms with E-state index in [4.69, 9.17) is 11.6 Å². The van der Waals surface area contributed by atoms with Crippen molar-refractivity contribution in [2.75, 3.05) is 36.4 Å². The summed E-state index contributed by atoms with van der Waals surface area (Å²) in [6, 6.07) is 8.58. The Balaban J connectivity index is 1.66. The summed E-state index contributed by atoms with van der Waals surface area (Å²) in [7, 11) is 0. The number of halogens is 4. The highest BCUT2D eigenvalue weighted by atomic mass is 35.5. The molecule has 0 aromatic heterocycles. The number of piperazine rings is 1. The highest BCUT2D eigenvalue weighted by molar-refractivity contribution is 6.30. The Labute approximate surface area is 181 Å². The van der Waals surface area contributed by atoms with Crippen LogP contribution in [0.1, 0.15) is 12.5 Å².